The summed E-state index contributed by atoms with van der Waals surface area (Å²) in [4.78, 5) is 26.5. The van der Waals surface area contributed by atoms with Crippen molar-refractivity contribution in [3.8, 4) is 0 Å². The number of H-pyrrole nitrogens is 1. The third-order valence-corrected chi connectivity index (χ3v) is 5.78. The van der Waals surface area contributed by atoms with E-state index in [-0.39, 0.29) is 17.8 Å². The number of hydrogen-bond acceptors (Lipinski definition) is 4. The molecule has 0 bridgehead atoms. The molecule has 0 radical (unpaired) electrons. The molecule has 1 aliphatic heterocycles. The second-order valence-corrected chi connectivity index (χ2v) is 7.73. The van der Waals surface area contributed by atoms with Crippen LogP contribution in [0.2, 0.25) is 0 Å². The number of aliphatic hydroxyl groups is 1. The first-order chi connectivity index (χ1) is 14.0. The highest BCUT2D eigenvalue weighted by molar-refractivity contribution is 5.89. The fourth-order valence-corrected chi connectivity index (χ4v) is 4.28. The number of hydrogen-bond donors (Lipinski definition) is 4. The molecule has 3 unspecified atom stereocenters. The van der Waals surface area contributed by atoms with Crippen molar-refractivity contribution in [1.29, 1.82) is 0 Å². The maximum atomic E-state index is 12.2. The average Bonchev–Trinajstić information content (AvgIpc) is 2.96. The van der Waals surface area contributed by atoms with E-state index < -0.39 is 12.1 Å². The number of imidazole rings is 1. The summed E-state index contributed by atoms with van der Waals surface area (Å²) in [6.45, 7) is 2.56. The van der Waals surface area contributed by atoms with E-state index in [0.29, 0.717) is 24.9 Å². The summed E-state index contributed by atoms with van der Waals surface area (Å²) in [5.74, 6) is -0.916. The molecule has 152 valence electrons. The molecule has 0 fully saturated rings. The maximum Gasteiger partial charge on any atom is 0.335 e. The van der Waals surface area contributed by atoms with Crippen LogP contribution in [-0.2, 0) is 13.0 Å². The van der Waals surface area contributed by atoms with Crippen molar-refractivity contribution >= 4 is 17.0 Å². The van der Waals surface area contributed by atoms with Gasteiger partial charge in [-0.2, -0.15) is 0 Å². The predicted octanol–water partition coefficient (Wildman–Crippen LogP) is 2.44. The predicted molar refractivity (Wildman–Crippen MR) is 110 cm³/mol. The van der Waals surface area contributed by atoms with Crippen molar-refractivity contribution in [3.63, 3.8) is 0 Å². The number of nitrogens with one attached hydrogen (secondary N) is 2. The highest BCUT2D eigenvalue weighted by Crippen LogP contribution is 2.30. The van der Waals surface area contributed by atoms with Crippen molar-refractivity contribution in [3.05, 3.63) is 69.6 Å². The summed E-state index contributed by atoms with van der Waals surface area (Å²) < 4.78 is 1.70. The Morgan fingerprint density at radius 3 is 2.86 bits per heavy atom. The number of aromatic amines is 1. The van der Waals surface area contributed by atoms with Crippen LogP contribution in [0.1, 0.15) is 47.4 Å². The number of aromatic nitrogens is 2. The van der Waals surface area contributed by atoms with Crippen molar-refractivity contribution in [1.82, 2.24) is 14.9 Å². The third kappa shape index (κ3) is 3.71. The maximum absolute atomic E-state index is 12.2. The van der Waals surface area contributed by atoms with Crippen molar-refractivity contribution < 1.29 is 15.0 Å². The second kappa shape index (κ2) is 7.85. The quantitative estimate of drug-likeness (QED) is 0.513. The van der Waals surface area contributed by atoms with Crippen LogP contribution in [-0.4, -0.2) is 37.8 Å². The van der Waals surface area contributed by atoms with Gasteiger partial charge in [0.15, 0.2) is 0 Å². The number of aryl methyl sites for hydroxylation is 2. The van der Waals surface area contributed by atoms with E-state index in [1.54, 1.807) is 16.7 Å². The monoisotopic (exact) mass is 395 g/mol. The lowest BCUT2D eigenvalue weighted by molar-refractivity contribution is 0.0695. The number of rotatable bonds is 6. The Hall–Kier alpha value is -2.90. The van der Waals surface area contributed by atoms with Gasteiger partial charge in [0, 0.05) is 24.2 Å². The molecule has 0 aliphatic carbocycles. The van der Waals surface area contributed by atoms with Gasteiger partial charge >= 0.3 is 11.7 Å². The van der Waals surface area contributed by atoms with Crippen LogP contribution in [0.3, 0.4) is 0 Å². The van der Waals surface area contributed by atoms with E-state index in [9.17, 15) is 19.8 Å². The SMILES string of the molecule is CC(CCc1ccccc1C(=O)O)NC1CCn2c(=O)[nH]c3cccc(c32)C1O. The molecule has 7 heteroatoms. The minimum Gasteiger partial charge on any atom is -0.478 e. The normalized spacial score (nSPS) is 19.8. The van der Waals surface area contributed by atoms with Gasteiger partial charge in [-0.3, -0.25) is 4.57 Å². The van der Waals surface area contributed by atoms with Crippen molar-refractivity contribution in [2.45, 2.75) is 50.9 Å². The first-order valence-electron chi connectivity index (χ1n) is 9.92. The van der Waals surface area contributed by atoms with Crippen LogP contribution in [0.4, 0.5) is 0 Å². The van der Waals surface area contributed by atoms with E-state index in [4.69, 9.17) is 0 Å². The lowest BCUT2D eigenvalue weighted by atomic mass is 9.97. The van der Waals surface area contributed by atoms with Crippen LogP contribution in [0.15, 0.2) is 47.3 Å². The van der Waals surface area contributed by atoms with E-state index in [2.05, 4.69) is 10.3 Å². The van der Waals surface area contributed by atoms with Crippen LogP contribution in [0.5, 0.6) is 0 Å². The smallest absolute Gasteiger partial charge is 0.335 e. The molecule has 0 saturated heterocycles. The topological polar surface area (TPSA) is 107 Å². The van der Waals surface area contributed by atoms with Crippen molar-refractivity contribution in [2.24, 2.45) is 0 Å². The number of carboxylic acid groups (broad SMARTS) is 1. The zero-order chi connectivity index (χ0) is 20.5. The van der Waals surface area contributed by atoms with Crippen LogP contribution >= 0.6 is 0 Å². The zero-order valence-corrected chi connectivity index (χ0v) is 16.3. The summed E-state index contributed by atoms with van der Waals surface area (Å²) in [5.41, 5.74) is 3.25. The number of aliphatic hydroxyl groups excluding tert-OH is 1. The number of carboxylic acids is 1. The van der Waals surface area contributed by atoms with Crippen LogP contribution in [0, 0.1) is 0 Å². The highest BCUT2D eigenvalue weighted by atomic mass is 16.4. The van der Waals surface area contributed by atoms with E-state index in [1.807, 2.05) is 37.3 Å². The van der Waals surface area contributed by atoms with Crippen molar-refractivity contribution in [2.75, 3.05) is 0 Å². The van der Waals surface area contributed by atoms with Gasteiger partial charge in [0.1, 0.15) is 0 Å². The Morgan fingerprint density at radius 1 is 1.28 bits per heavy atom. The Morgan fingerprint density at radius 2 is 2.07 bits per heavy atom. The summed E-state index contributed by atoms with van der Waals surface area (Å²) in [6, 6.07) is 12.5. The van der Waals surface area contributed by atoms with E-state index >= 15 is 0 Å². The number of benzene rings is 2. The molecule has 4 rings (SSSR count). The number of nitrogens with zero attached hydrogens (tertiary/aromatic N) is 1. The molecule has 0 amide bonds. The molecule has 29 heavy (non-hydrogen) atoms. The van der Waals surface area contributed by atoms with Gasteiger partial charge in [0.05, 0.1) is 22.7 Å². The van der Waals surface area contributed by atoms with E-state index in [1.165, 1.54) is 0 Å². The number of carbonyl (C=O) groups is 1. The Bertz CT molecular complexity index is 1100. The Balaban J connectivity index is 1.47. The van der Waals surface area contributed by atoms with Gasteiger partial charge in [-0.15, -0.1) is 0 Å². The molecule has 1 aromatic heterocycles. The molecular weight excluding hydrogens is 370 g/mol. The largest absolute Gasteiger partial charge is 0.478 e. The molecule has 7 nitrogen and oxygen atoms in total. The van der Waals surface area contributed by atoms with E-state index in [0.717, 1.165) is 28.6 Å². The highest BCUT2D eigenvalue weighted by Gasteiger charge is 2.29. The van der Waals surface area contributed by atoms with Gasteiger partial charge in [-0.05, 0) is 43.9 Å². The molecule has 3 aromatic rings. The van der Waals surface area contributed by atoms with Gasteiger partial charge in [-0.25, -0.2) is 9.59 Å². The summed E-state index contributed by atoms with van der Waals surface area (Å²) >= 11 is 0. The molecule has 2 heterocycles. The second-order valence-electron chi connectivity index (χ2n) is 7.73. The Kier molecular flexibility index (Phi) is 5.25. The molecule has 1 aliphatic rings. The summed E-state index contributed by atoms with van der Waals surface area (Å²) in [6.07, 6.45) is 1.27. The average molecular weight is 395 g/mol. The zero-order valence-electron chi connectivity index (χ0n) is 16.3. The molecule has 3 atom stereocenters. The molecule has 0 saturated carbocycles. The van der Waals surface area contributed by atoms with Gasteiger partial charge in [-0.1, -0.05) is 30.3 Å². The minimum absolute atomic E-state index is 0.0754. The Labute approximate surface area is 168 Å². The minimum atomic E-state index is -0.916. The molecule has 4 N–H and O–H groups in total. The first-order valence-corrected chi connectivity index (χ1v) is 9.92. The lowest BCUT2D eigenvalue weighted by Gasteiger charge is -2.26. The number of aromatic carboxylic acids is 1. The number of para-hydroxylation sites is 1. The first kappa shape index (κ1) is 19.4. The van der Waals surface area contributed by atoms with Gasteiger partial charge < -0.3 is 20.5 Å². The standard InChI is InChI=1S/C22H25N3O4/c1-13(9-10-14-5-2-3-6-15(14)21(27)28)23-18-11-12-25-19-16(20(18)26)7-4-8-17(19)24-22(25)29/h2-8,13,18,20,23,26H,9-12H2,1H3,(H,24,29)(H,27,28). The fraction of sp³-hybridized carbons (Fsp3) is 0.364. The third-order valence-electron chi connectivity index (χ3n) is 5.78. The lowest BCUT2D eigenvalue weighted by Crippen LogP contribution is -2.41. The van der Waals surface area contributed by atoms with Crippen LogP contribution in [0.25, 0.3) is 11.0 Å². The fourth-order valence-electron chi connectivity index (χ4n) is 4.28. The van der Waals surface area contributed by atoms with Crippen LogP contribution < -0.4 is 11.0 Å². The molecule has 2 aromatic carbocycles. The molecular formula is C22H25N3O4. The van der Waals surface area contributed by atoms with Gasteiger partial charge in [0.25, 0.3) is 0 Å². The molecule has 0 spiro atoms. The summed E-state index contributed by atoms with van der Waals surface area (Å²) in [5, 5.41) is 23.8. The summed E-state index contributed by atoms with van der Waals surface area (Å²) in [7, 11) is 0. The van der Waals surface area contributed by atoms with Gasteiger partial charge in [0.2, 0.25) is 0 Å².